The van der Waals surface area contributed by atoms with Crippen molar-refractivity contribution in [3.05, 3.63) is 41.8 Å². The molecule has 18 heteroatoms. The van der Waals surface area contributed by atoms with E-state index in [4.69, 9.17) is 15.7 Å². The Morgan fingerprint density at radius 1 is 1.37 bits per heavy atom. The molecule has 3 aromatic rings. The van der Waals surface area contributed by atoms with Gasteiger partial charge >= 0.3 is 5.65 Å². The molecule has 0 bridgehead atoms. The summed E-state index contributed by atoms with van der Waals surface area (Å²) in [4.78, 5) is 53.3. The molecule has 5 N–H and O–H groups in total. The number of nitrogens with zero attached hydrogens (tertiary/aromatic N) is 7. The number of carbonyl (C=O) groups is 3. The maximum Gasteiger partial charge on any atom is 0.349 e. The maximum atomic E-state index is 13.2. The lowest BCUT2D eigenvalue weighted by Gasteiger charge is -2.50. The summed E-state index contributed by atoms with van der Waals surface area (Å²) in [7, 11) is 0. The van der Waals surface area contributed by atoms with Crippen LogP contribution in [0.1, 0.15) is 19.2 Å². The molecule has 0 aliphatic carbocycles. The number of nitrogens with two attached hydrogens (primary N) is 1. The number of carboxylic acids is 1. The third-order valence-corrected chi connectivity index (χ3v) is 8.62. The predicted octanol–water partition coefficient (Wildman–Crippen LogP) is -2.43. The van der Waals surface area contributed by atoms with Gasteiger partial charge in [-0.25, -0.2) is 4.57 Å². The zero-order chi connectivity index (χ0) is 30.5. The number of carboxylic acid groups (broad SMARTS) is 1. The van der Waals surface area contributed by atoms with Crippen LogP contribution in [0.25, 0.3) is 11.2 Å². The van der Waals surface area contributed by atoms with Crippen LogP contribution in [-0.2, 0) is 32.3 Å². The smallest absolute Gasteiger partial charge is 0.349 e. The number of imidazole rings is 1. The number of pyridine rings is 1. The second kappa shape index (κ2) is 13.4. The van der Waals surface area contributed by atoms with Crippen LogP contribution in [0.2, 0.25) is 0 Å². The first-order valence-electron chi connectivity index (χ1n) is 13.5. The number of nitrogens with one attached hydrogen (secondary N) is 2. The molecule has 5 rings (SSSR count). The number of β-lactam (4-membered cyclic amide) rings is 1. The van der Waals surface area contributed by atoms with Crippen molar-refractivity contribution in [2.45, 2.75) is 37.8 Å². The second-order valence-corrected chi connectivity index (χ2v) is 11.4. The molecule has 1 saturated heterocycles. The van der Waals surface area contributed by atoms with Gasteiger partial charge in [0.2, 0.25) is 17.9 Å². The summed E-state index contributed by atoms with van der Waals surface area (Å²) in [6.07, 6.45) is 4.37. The van der Waals surface area contributed by atoms with Gasteiger partial charge in [-0.05, 0) is 37.0 Å². The lowest BCUT2D eigenvalue weighted by molar-refractivity contribution is -0.664. The summed E-state index contributed by atoms with van der Waals surface area (Å²) in [5.74, 6) is -2.58. The Morgan fingerprint density at radius 3 is 2.93 bits per heavy atom. The zero-order valence-electron chi connectivity index (χ0n) is 23.1. The zero-order valence-corrected chi connectivity index (χ0v) is 24.8. The van der Waals surface area contributed by atoms with Crippen LogP contribution in [0.5, 0.6) is 0 Å². The minimum Gasteiger partial charge on any atom is -0.543 e. The molecule has 2 unspecified atom stereocenters. The second-order valence-electron chi connectivity index (χ2n) is 9.52. The topological polar surface area (TPSA) is 217 Å². The lowest BCUT2D eigenvalue weighted by Crippen LogP contribution is -2.71. The number of aliphatic carboxylic acids is 1. The molecule has 16 nitrogen and oxygen atoms in total. The van der Waals surface area contributed by atoms with Gasteiger partial charge in [0, 0.05) is 35.9 Å². The van der Waals surface area contributed by atoms with Crippen molar-refractivity contribution in [1.82, 2.24) is 34.4 Å². The number of carbonyl (C=O) groups excluding carboxylic acids is 3. The van der Waals surface area contributed by atoms with E-state index in [1.807, 2.05) is 21.3 Å². The van der Waals surface area contributed by atoms with Gasteiger partial charge in [0.1, 0.15) is 30.1 Å². The Hall–Kier alpha value is -4.13. The molecular weight excluding hydrogens is 600 g/mol. The fourth-order valence-corrected chi connectivity index (χ4v) is 6.59. The minimum absolute atomic E-state index is 0.0435. The van der Waals surface area contributed by atoms with E-state index in [-0.39, 0.29) is 47.9 Å². The number of nitrogen functional groups attached to an aromatic ring is 1. The molecular formula is C25H30N10O6S2. The van der Waals surface area contributed by atoms with Gasteiger partial charge in [-0.2, -0.15) is 9.36 Å². The summed E-state index contributed by atoms with van der Waals surface area (Å²) < 4.78 is 7.84. The van der Waals surface area contributed by atoms with E-state index in [1.54, 1.807) is 19.4 Å². The Labute approximate surface area is 253 Å². The van der Waals surface area contributed by atoms with Crippen LogP contribution in [-0.4, -0.2) is 95.9 Å². The normalized spacial score (nSPS) is 18.5. The number of oxime groups is 1. The van der Waals surface area contributed by atoms with Crippen molar-refractivity contribution >= 4 is 63.1 Å². The van der Waals surface area contributed by atoms with Gasteiger partial charge in [0.15, 0.2) is 5.13 Å². The SMILES string of the molecule is CCO/N=C(\C(=O)NC1C(=O)N2C(C(=O)[O-])=C(C[n+]3cccc4c3ncn4CCCNCCO)CSC12)c1nsc(N)n1. The number of amides is 2. The number of aryl methyl sites for hydroxylation is 1. The number of aromatic nitrogens is 5. The molecule has 2 aliphatic heterocycles. The Kier molecular flexibility index (Phi) is 9.49. The number of fused-ring (bicyclic) bond motifs is 2. The predicted molar refractivity (Wildman–Crippen MR) is 154 cm³/mol. The summed E-state index contributed by atoms with van der Waals surface area (Å²) in [6.45, 7) is 4.12. The Bertz CT molecular complexity index is 1590. The van der Waals surface area contributed by atoms with E-state index in [1.165, 1.54) is 11.8 Å². The number of aliphatic hydroxyl groups is 1. The van der Waals surface area contributed by atoms with Gasteiger partial charge in [-0.1, -0.05) is 5.16 Å². The van der Waals surface area contributed by atoms with Crippen LogP contribution >= 0.6 is 23.3 Å². The average molecular weight is 631 g/mol. The number of hydrogen-bond acceptors (Lipinski definition) is 14. The standard InChI is InChI=1S/C25H30N10O6S2/c1-2-41-31-16(19-30-25(26)43-32-19)21(37)29-17-22(38)35-18(24(39)40)14(12-42-23(17)35)11-33-8-3-5-15-20(33)28-13-34(15)9-4-6-27-7-10-36/h3,5,8,13,17,23,27,36H,2,4,6-7,9-12H2,1H3,(H3-,26,29,30,32,37,39,40)/b31-16-. The first-order valence-corrected chi connectivity index (χ1v) is 15.3. The van der Waals surface area contributed by atoms with E-state index >= 15 is 0 Å². The summed E-state index contributed by atoms with van der Waals surface area (Å²) in [6, 6.07) is 2.79. The summed E-state index contributed by atoms with van der Waals surface area (Å²) >= 11 is 2.21. The van der Waals surface area contributed by atoms with E-state index in [9.17, 15) is 19.5 Å². The van der Waals surface area contributed by atoms with Gasteiger partial charge in [0.25, 0.3) is 11.8 Å². The van der Waals surface area contributed by atoms with Crippen molar-refractivity contribution in [3.8, 4) is 0 Å². The van der Waals surface area contributed by atoms with Crippen LogP contribution < -0.4 is 26.0 Å². The molecule has 2 amide bonds. The van der Waals surface area contributed by atoms with Crippen molar-refractivity contribution in [1.29, 1.82) is 0 Å². The molecule has 2 atom stereocenters. The Morgan fingerprint density at radius 2 is 2.21 bits per heavy atom. The van der Waals surface area contributed by atoms with Crippen molar-refractivity contribution in [2.75, 3.05) is 37.8 Å². The molecule has 0 spiro atoms. The number of thioether (sulfide) groups is 1. The fraction of sp³-hybridized carbons (Fsp3) is 0.440. The molecule has 3 aromatic heterocycles. The number of anilines is 1. The van der Waals surface area contributed by atoms with Crippen molar-refractivity contribution < 1.29 is 34.0 Å². The first-order chi connectivity index (χ1) is 20.8. The van der Waals surface area contributed by atoms with E-state index in [0.29, 0.717) is 24.3 Å². The lowest BCUT2D eigenvalue weighted by atomic mass is 10.0. The monoisotopic (exact) mass is 630 g/mol. The number of aliphatic hydroxyl groups excluding tert-OH is 1. The van der Waals surface area contributed by atoms with E-state index in [0.717, 1.165) is 34.9 Å². The van der Waals surface area contributed by atoms with Crippen molar-refractivity contribution in [3.63, 3.8) is 0 Å². The largest absolute Gasteiger partial charge is 0.543 e. The number of rotatable bonds is 14. The van der Waals surface area contributed by atoms with Gasteiger partial charge in [-0.15, -0.1) is 11.8 Å². The van der Waals surface area contributed by atoms with Crippen molar-refractivity contribution in [2.24, 2.45) is 5.16 Å². The molecule has 0 saturated carbocycles. The summed E-state index contributed by atoms with van der Waals surface area (Å²) in [5, 5.41) is 30.2. The Balaban J connectivity index is 1.32. The van der Waals surface area contributed by atoms with Crippen LogP contribution in [0.3, 0.4) is 0 Å². The molecule has 0 aromatic carbocycles. The highest BCUT2D eigenvalue weighted by molar-refractivity contribution is 8.00. The first kappa shape index (κ1) is 30.3. The average Bonchev–Trinajstić information content (AvgIpc) is 3.62. The van der Waals surface area contributed by atoms with Crippen LogP contribution in [0.4, 0.5) is 5.13 Å². The van der Waals surface area contributed by atoms with Gasteiger partial charge in [-0.3, -0.25) is 14.5 Å². The number of hydrogen-bond donors (Lipinski definition) is 4. The molecule has 5 heterocycles. The molecule has 1 fully saturated rings. The molecule has 228 valence electrons. The van der Waals surface area contributed by atoms with E-state index in [2.05, 4.69) is 30.1 Å². The quantitative estimate of drug-likeness (QED) is 0.0481. The van der Waals surface area contributed by atoms with Crippen LogP contribution in [0, 0.1) is 0 Å². The fourth-order valence-electron chi connectivity index (χ4n) is 4.82. The van der Waals surface area contributed by atoms with E-state index < -0.39 is 29.2 Å². The maximum absolute atomic E-state index is 13.2. The van der Waals surface area contributed by atoms with Gasteiger partial charge in [0.05, 0.1) is 24.5 Å². The highest BCUT2D eigenvalue weighted by Crippen LogP contribution is 2.40. The molecule has 0 radical (unpaired) electrons. The van der Waals surface area contributed by atoms with Crippen LogP contribution in [0.15, 0.2) is 41.1 Å². The minimum atomic E-state index is -1.48. The highest BCUT2D eigenvalue weighted by Gasteiger charge is 2.53. The molecule has 43 heavy (non-hydrogen) atoms. The summed E-state index contributed by atoms with van der Waals surface area (Å²) in [5.41, 5.74) is 7.22. The highest BCUT2D eigenvalue weighted by atomic mass is 32.2. The van der Waals surface area contributed by atoms with Gasteiger partial charge < -0.3 is 40.8 Å². The third-order valence-electron chi connectivity index (χ3n) is 6.73. The third kappa shape index (κ3) is 6.31. The molecule has 2 aliphatic rings.